The average molecular weight is 463 g/mol. The van der Waals surface area contributed by atoms with Gasteiger partial charge in [-0.3, -0.25) is 9.59 Å². The summed E-state index contributed by atoms with van der Waals surface area (Å²) in [7, 11) is 1.69. The maximum atomic E-state index is 13.2. The zero-order valence-corrected chi connectivity index (χ0v) is 19.3. The van der Waals surface area contributed by atoms with Crippen LogP contribution in [0.15, 0.2) is 77.1 Å². The number of para-hydroxylation sites is 1. The quantitative estimate of drug-likeness (QED) is 0.503. The van der Waals surface area contributed by atoms with E-state index in [0.717, 1.165) is 21.7 Å². The molecule has 1 aromatic heterocycles. The molecule has 170 valence electrons. The summed E-state index contributed by atoms with van der Waals surface area (Å²) in [6.45, 7) is 1.89. The monoisotopic (exact) mass is 462 g/mol. The van der Waals surface area contributed by atoms with E-state index in [9.17, 15) is 14.7 Å². The van der Waals surface area contributed by atoms with Crippen LogP contribution in [0.3, 0.4) is 0 Å². The van der Waals surface area contributed by atoms with Crippen LogP contribution in [0, 0.1) is 0 Å². The third-order valence-corrected chi connectivity index (χ3v) is 6.45. The molecule has 33 heavy (non-hydrogen) atoms. The van der Waals surface area contributed by atoms with Crippen LogP contribution in [0.2, 0.25) is 0 Å². The number of thiophene rings is 1. The van der Waals surface area contributed by atoms with Gasteiger partial charge in [-0.2, -0.15) is 0 Å². The molecule has 3 atom stereocenters. The van der Waals surface area contributed by atoms with Gasteiger partial charge in [-0.15, -0.1) is 11.3 Å². The Balaban J connectivity index is 1.51. The molecule has 0 saturated heterocycles. The number of aliphatic imine (C=N–C) groups is 1. The molecule has 1 aliphatic heterocycles. The predicted octanol–water partition coefficient (Wildman–Crippen LogP) is 2.72. The minimum absolute atomic E-state index is 0.201. The maximum absolute atomic E-state index is 13.2. The number of benzene rings is 2. The zero-order valence-electron chi connectivity index (χ0n) is 18.4. The van der Waals surface area contributed by atoms with Gasteiger partial charge >= 0.3 is 0 Å². The topological polar surface area (TPSA) is 94.0 Å². The van der Waals surface area contributed by atoms with Crippen molar-refractivity contribution in [1.82, 2.24) is 10.6 Å². The SMILES string of the molecule is C[C@H](NCC(O)c1ccccc1)C(=O)NC1N=C(c2cccs2)c2ccccc2N(C)C1=O. The number of anilines is 1. The van der Waals surface area contributed by atoms with Gasteiger partial charge in [-0.25, -0.2) is 4.99 Å². The first-order valence-corrected chi connectivity index (χ1v) is 11.6. The first-order valence-electron chi connectivity index (χ1n) is 10.7. The summed E-state index contributed by atoms with van der Waals surface area (Å²) >= 11 is 1.53. The fourth-order valence-corrected chi connectivity index (χ4v) is 4.40. The number of carbonyl (C=O) groups excluding carboxylic acids is 2. The van der Waals surface area contributed by atoms with E-state index < -0.39 is 18.3 Å². The molecule has 2 heterocycles. The van der Waals surface area contributed by atoms with Gasteiger partial charge in [0, 0.05) is 19.2 Å². The summed E-state index contributed by atoms with van der Waals surface area (Å²) in [5.74, 6) is -0.693. The lowest BCUT2D eigenvalue weighted by Crippen LogP contribution is -2.51. The Morgan fingerprint density at radius 3 is 2.58 bits per heavy atom. The Bertz CT molecular complexity index is 1150. The predicted molar refractivity (Wildman–Crippen MR) is 131 cm³/mol. The second-order valence-electron chi connectivity index (χ2n) is 7.84. The Kier molecular flexibility index (Phi) is 6.98. The lowest BCUT2D eigenvalue weighted by molar-refractivity contribution is -0.128. The molecule has 0 spiro atoms. The van der Waals surface area contributed by atoms with Crippen LogP contribution in [-0.2, 0) is 9.59 Å². The lowest BCUT2D eigenvalue weighted by atomic mass is 10.1. The van der Waals surface area contributed by atoms with Crippen LogP contribution < -0.4 is 15.5 Å². The molecule has 0 saturated carbocycles. The molecule has 8 heteroatoms. The van der Waals surface area contributed by atoms with Gasteiger partial charge in [0.1, 0.15) is 0 Å². The van der Waals surface area contributed by atoms with Crippen LogP contribution in [0.4, 0.5) is 5.69 Å². The molecule has 2 amide bonds. The van der Waals surface area contributed by atoms with Gasteiger partial charge in [0.15, 0.2) is 0 Å². The summed E-state index contributed by atoms with van der Waals surface area (Å²) in [4.78, 5) is 33.2. The van der Waals surface area contributed by atoms with Crippen molar-refractivity contribution in [3.63, 3.8) is 0 Å². The van der Waals surface area contributed by atoms with Gasteiger partial charge in [0.25, 0.3) is 5.91 Å². The third kappa shape index (κ3) is 5.03. The van der Waals surface area contributed by atoms with E-state index in [-0.39, 0.29) is 18.4 Å². The molecule has 0 bridgehead atoms. The van der Waals surface area contributed by atoms with E-state index in [2.05, 4.69) is 15.6 Å². The fraction of sp³-hybridized carbons (Fsp3) is 0.240. The van der Waals surface area contributed by atoms with Crippen LogP contribution >= 0.6 is 11.3 Å². The number of hydrogen-bond acceptors (Lipinski definition) is 6. The van der Waals surface area contributed by atoms with E-state index >= 15 is 0 Å². The minimum Gasteiger partial charge on any atom is -0.387 e. The second kappa shape index (κ2) is 10.1. The van der Waals surface area contributed by atoms with E-state index in [0.29, 0.717) is 5.71 Å². The number of amides is 2. The Morgan fingerprint density at radius 1 is 1.12 bits per heavy atom. The highest BCUT2D eigenvalue weighted by Gasteiger charge is 2.32. The van der Waals surface area contributed by atoms with Gasteiger partial charge in [-0.1, -0.05) is 54.6 Å². The molecular weight excluding hydrogens is 436 g/mol. The maximum Gasteiger partial charge on any atom is 0.272 e. The summed E-state index contributed by atoms with van der Waals surface area (Å²) in [5.41, 5.74) is 3.01. The minimum atomic E-state index is -1.06. The van der Waals surface area contributed by atoms with Crippen molar-refractivity contribution in [1.29, 1.82) is 0 Å². The summed E-state index contributed by atoms with van der Waals surface area (Å²) in [6, 6.07) is 20.1. The van der Waals surface area contributed by atoms with Crippen molar-refractivity contribution >= 4 is 34.6 Å². The Labute approximate surface area is 196 Å². The molecule has 2 aromatic carbocycles. The number of benzodiazepines with no additional fused rings is 1. The van der Waals surface area contributed by atoms with E-state index in [4.69, 9.17) is 0 Å². The lowest BCUT2D eigenvalue weighted by Gasteiger charge is -2.22. The third-order valence-electron chi connectivity index (χ3n) is 5.57. The van der Waals surface area contributed by atoms with Gasteiger partial charge < -0.3 is 20.6 Å². The Hall–Kier alpha value is -3.33. The molecule has 0 radical (unpaired) electrons. The smallest absolute Gasteiger partial charge is 0.272 e. The molecule has 2 unspecified atom stereocenters. The second-order valence-corrected chi connectivity index (χ2v) is 8.78. The van der Waals surface area contributed by atoms with Crippen molar-refractivity contribution in [2.24, 2.45) is 4.99 Å². The van der Waals surface area contributed by atoms with Crippen molar-refractivity contribution in [2.45, 2.75) is 25.2 Å². The fourth-order valence-electron chi connectivity index (χ4n) is 3.66. The normalized spacial score (nSPS) is 17.5. The summed E-state index contributed by atoms with van der Waals surface area (Å²) in [6.07, 6.45) is -1.81. The van der Waals surface area contributed by atoms with Gasteiger partial charge in [-0.05, 0) is 30.0 Å². The molecular formula is C25H26N4O3S. The highest BCUT2D eigenvalue weighted by molar-refractivity contribution is 7.12. The largest absolute Gasteiger partial charge is 0.387 e. The van der Waals surface area contributed by atoms with Crippen LogP contribution in [-0.4, -0.2) is 48.4 Å². The van der Waals surface area contributed by atoms with Gasteiger partial charge in [0.2, 0.25) is 12.1 Å². The molecule has 0 fully saturated rings. The molecule has 1 aliphatic rings. The number of rotatable bonds is 7. The number of hydrogen-bond donors (Lipinski definition) is 3. The van der Waals surface area contributed by atoms with Crippen molar-refractivity contribution in [2.75, 3.05) is 18.5 Å². The molecule has 3 N–H and O–H groups in total. The molecule has 7 nitrogen and oxygen atoms in total. The Morgan fingerprint density at radius 2 is 1.85 bits per heavy atom. The first-order chi connectivity index (χ1) is 16.0. The number of nitrogens with zero attached hydrogens (tertiary/aromatic N) is 2. The highest BCUT2D eigenvalue weighted by atomic mass is 32.1. The van der Waals surface area contributed by atoms with Crippen LogP contribution in [0.25, 0.3) is 0 Å². The average Bonchev–Trinajstić information content (AvgIpc) is 3.36. The number of fused-ring (bicyclic) bond motifs is 1. The van der Waals surface area contributed by atoms with Crippen LogP contribution in [0.5, 0.6) is 0 Å². The van der Waals surface area contributed by atoms with Crippen LogP contribution in [0.1, 0.15) is 29.0 Å². The zero-order chi connectivity index (χ0) is 23.4. The van der Waals surface area contributed by atoms with Crippen molar-refractivity contribution in [3.05, 3.63) is 88.1 Å². The molecule has 3 aromatic rings. The summed E-state index contributed by atoms with van der Waals surface area (Å²) < 4.78 is 0. The molecule has 4 rings (SSSR count). The number of aliphatic hydroxyl groups excluding tert-OH is 1. The van der Waals surface area contributed by atoms with Crippen molar-refractivity contribution < 1.29 is 14.7 Å². The number of likely N-dealkylation sites (N-methyl/N-ethyl adjacent to an activating group) is 1. The summed E-state index contributed by atoms with van der Waals surface area (Å²) in [5, 5.41) is 18.1. The number of carbonyl (C=O) groups is 2. The van der Waals surface area contributed by atoms with Crippen molar-refractivity contribution in [3.8, 4) is 0 Å². The van der Waals surface area contributed by atoms with E-state index in [1.54, 1.807) is 14.0 Å². The molecule has 0 aliphatic carbocycles. The van der Waals surface area contributed by atoms with Gasteiger partial charge in [0.05, 0.1) is 28.4 Å². The standard InChI is InChI=1S/C25H26N4O3S/c1-16(26-15-20(30)17-9-4-3-5-10-17)24(31)28-23-25(32)29(2)19-12-7-6-11-18(19)22(27-23)21-13-8-14-33-21/h3-14,16,20,23,26,30H,15H2,1-2H3,(H,28,31)/t16-,20?,23?/m0/s1. The highest BCUT2D eigenvalue weighted by Crippen LogP contribution is 2.28. The first kappa shape index (κ1) is 22.8. The number of nitrogens with one attached hydrogen (secondary N) is 2. The number of aliphatic hydroxyl groups is 1. The van der Waals surface area contributed by atoms with E-state index in [1.807, 2.05) is 72.1 Å². The van der Waals surface area contributed by atoms with E-state index in [1.165, 1.54) is 16.2 Å².